The number of hydrogen-bond acceptors (Lipinski definition) is 2. The summed E-state index contributed by atoms with van der Waals surface area (Å²) in [6.07, 6.45) is 3.65. The summed E-state index contributed by atoms with van der Waals surface area (Å²) in [5, 5.41) is 3.19. The van der Waals surface area contributed by atoms with E-state index in [-0.39, 0.29) is 0 Å². The Morgan fingerprint density at radius 2 is 2.19 bits per heavy atom. The highest BCUT2D eigenvalue weighted by atomic mass is 15.2. The van der Waals surface area contributed by atoms with Gasteiger partial charge in [0.05, 0.1) is 6.54 Å². The molecule has 0 aromatic heterocycles. The highest BCUT2D eigenvalue weighted by molar-refractivity contribution is 5.77. The molecule has 2 rings (SSSR count). The van der Waals surface area contributed by atoms with Gasteiger partial charge in [0, 0.05) is 19.6 Å². The Kier molecular flexibility index (Phi) is 6.54. The average molecular weight is 288 g/mol. The fourth-order valence-corrected chi connectivity index (χ4v) is 2.84. The van der Waals surface area contributed by atoms with Gasteiger partial charge < -0.3 is 16.0 Å². The molecule has 0 saturated carbocycles. The number of likely N-dealkylation sites (tertiary alicyclic amines) is 1. The lowest BCUT2D eigenvalue weighted by Gasteiger charge is -2.30. The average Bonchev–Trinajstić information content (AvgIpc) is 2.48. The second kappa shape index (κ2) is 8.67. The van der Waals surface area contributed by atoms with Gasteiger partial charge in [0.1, 0.15) is 0 Å². The van der Waals surface area contributed by atoms with Crippen molar-refractivity contribution >= 4 is 5.96 Å². The summed E-state index contributed by atoms with van der Waals surface area (Å²) in [6, 6.07) is 10.4. The Bertz CT molecular complexity index is 430. The van der Waals surface area contributed by atoms with Crippen molar-refractivity contribution in [1.82, 2.24) is 10.2 Å². The maximum Gasteiger partial charge on any atom is 0.188 e. The Morgan fingerprint density at radius 1 is 1.38 bits per heavy atom. The topological polar surface area (TPSA) is 53.6 Å². The molecule has 1 saturated heterocycles. The van der Waals surface area contributed by atoms with Crippen molar-refractivity contribution in [2.75, 3.05) is 32.7 Å². The molecule has 1 aliphatic rings. The van der Waals surface area contributed by atoms with Crippen molar-refractivity contribution in [2.24, 2.45) is 16.6 Å². The number of aliphatic imine (C=N–C) groups is 1. The first-order valence-electron chi connectivity index (χ1n) is 8.04. The number of nitrogens with one attached hydrogen (secondary N) is 1. The maximum absolute atomic E-state index is 5.90. The fraction of sp³-hybridized carbons (Fsp3) is 0.588. The summed E-state index contributed by atoms with van der Waals surface area (Å²) in [4.78, 5) is 6.91. The third-order valence-electron chi connectivity index (χ3n) is 4.00. The first kappa shape index (κ1) is 15.8. The Morgan fingerprint density at radius 3 is 2.95 bits per heavy atom. The van der Waals surface area contributed by atoms with Crippen molar-refractivity contribution in [1.29, 1.82) is 0 Å². The zero-order valence-electron chi connectivity index (χ0n) is 13.1. The van der Waals surface area contributed by atoms with Gasteiger partial charge in [0.25, 0.3) is 0 Å². The Balaban J connectivity index is 1.60. The monoisotopic (exact) mass is 288 g/mol. The van der Waals surface area contributed by atoms with Crippen LogP contribution in [0, 0.1) is 5.92 Å². The quantitative estimate of drug-likeness (QED) is 0.620. The zero-order valence-corrected chi connectivity index (χ0v) is 13.1. The van der Waals surface area contributed by atoms with Crippen molar-refractivity contribution in [3.63, 3.8) is 0 Å². The third kappa shape index (κ3) is 6.17. The van der Waals surface area contributed by atoms with Gasteiger partial charge in [-0.15, -0.1) is 0 Å². The van der Waals surface area contributed by atoms with E-state index in [4.69, 9.17) is 5.73 Å². The minimum absolute atomic E-state index is 0.566. The van der Waals surface area contributed by atoms with Crippen LogP contribution in [0.15, 0.2) is 35.3 Å². The molecule has 0 bridgehead atoms. The number of guanidine groups is 1. The molecule has 1 aromatic carbocycles. The van der Waals surface area contributed by atoms with Gasteiger partial charge in [0.2, 0.25) is 0 Å². The molecule has 1 aliphatic heterocycles. The predicted molar refractivity (Wildman–Crippen MR) is 89.5 cm³/mol. The van der Waals surface area contributed by atoms with E-state index in [0.717, 1.165) is 32.0 Å². The van der Waals surface area contributed by atoms with E-state index in [1.807, 2.05) is 6.07 Å². The first-order valence-corrected chi connectivity index (χ1v) is 8.04. The van der Waals surface area contributed by atoms with Gasteiger partial charge in [-0.3, -0.25) is 4.99 Å². The van der Waals surface area contributed by atoms with E-state index in [1.165, 1.54) is 31.5 Å². The smallest absolute Gasteiger partial charge is 0.188 e. The number of nitrogens with zero attached hydrogens (tertiary/aromatic N) is 2. The largest absolute Gasteiger partial charge is 0.370 e. The number of rotatable bonds is 6. The van der Waals surface area contributed by atoms with Gasteiger partial charge >= 0.3 is 0 Å². The van der Waals surface area contributed by atoms with Crippen LogP contribution in [0.4, 0.5) is 0 Å². The fourth-order valence-electron chi connectivity index (χ4n) is 2.84. The minimum atomic E-state index is 0.566. The lowest BCUT2D eigenvalue weighted by Crippen LogP contribution is -2.37. The molecule has 116 valence electrons. The normalized spacial score (nSPS) is 20.4. The van der Waals surface area contributed by atoms with Crippen LogP contribution in [0.25, 0.3) is 0 Å². The number of hydrogen-bond donors (Lipinski definition) is 2. The first-order chi connectivity index (χ1) is 10.2. The van der Waals surface area contributed by atoms with Crippen LogP contribution in [0.2, 0.25) is 0 Å². The van der Waals surface area contributed by atoms with Crippen LogP contribution in [0.1, 0.15) is 25.3 Å². The molecule has 0 spiro atoms. The third-order valence-corrected chi connectivity index (χ3v) is 4.00. The van der Waals surface area contributed by atoms with E-state index in [0.29, 0.717) is 5.96 Å². The Hall–Kier alpha value is -1.55. The van der Waals surface area contributed by atoms with Crippen molar-refractivity contribution in [2.45, 2.75) is 26.2 Å². The van der Waals surface area contributed by atoms with Gasteiger partial charge in [-0.2, -0.15) is 0 Å². The van der Waals surface area contributed by atoms with Crippen LogP contribution in [-0.2, 0) is 6.42 Å². The SMILES string of the molecule is CC1CCCN(CCN=C(N)NCCc2ccccc2)C1. The molecule has 4 heteroatoms. The lowest BCUT2D eigenvalue weighted by atomic mass is 10.0. The van der Waals surface area contributed by atoms with Crippen LogP contribution >= 0.6 is 0 Å². The highest BCUT2D eigenvalue weighted by Gasteiger charge is 2.15. The summed E-state index contributed by atoms with van der Waals surface area (Å²) in [5.74, 6) is 1.39. The van der Waals surface area contributed by atoms with Crippen LogP contribution in [0.5, 0.6) is 0 Å². The zero-order chi connectivity index (χ0) is 14.9. The number of piperidine rings is 1. The molecule has 1 heterocycles. The summed E-state index contributed by atoms with van der Waals surface area (Å²) in [5.41, 5.74) is 7.22. The molecule has 1 aromatic rings. The number of nitrogens with two attached hydrogens (primary N) is 1. The van der Waals surface area contributed by atoms with E-state index >= 15 is 0 Å². The summed E-state index contributed by atoms with van der Waals surface area (Å²) in [7, 11) is 0. The van der Waals surface area contributed by atoms with Crippen LogP contribution in [0.3, 0.4) is 0 Å². The molecule has 21 heavy (non-hydrogen) atoms. The van der Waals surface area contributed by atoms with E-state index in [2.05, 4.69) is 46.4 Å². The highest BCUT2D eigenvalue weighted by Crippen LogP contribution is 2.14. The van der Waals surface area contributed by atoms with Gasteiger partial charge in [-0.05, 0) is 37.3 Å². The Labute approximate surface area is 128 Å². The van der Waals surface area contributed by atoms with Crippen molar-refractivity contribution < 1.29 is 0 Å². The van der Waals surface area contributed by atoms with E-state index in [9.17, 15) is 0 Å². The molecule has 0 radical (unpaired) electrons. The molecule has 0 amide bonds. The second-order valence-electron chi connectivity index (χ2n) is 5.98. The van der Waals surface area contributed by atoms with E-state index < -0.39 is 0 Å². The maximum atomic E-state index is 5.90. The molecule has 3 N–H and O–H groups in total. The minimum Gasteiger partial charge on any atom is -0.370 e. The molecule has 1 atom stereocenters. The summed E-state index contributed by atoms with van der Waals surface area (Å²) >= 11 is 0. The summed E-state index contributed by atoms with van der Waals surface area (Å²) < 4.78 is 0. The number of benzene rings is 1. The molecule has 1 fully saturated rings. The standard InChI is InChI=1S/C17H28N4/c1-15-6-5-12-21(14-15)13-11-20-17(18)19-10-9-16-7-3-2-4-8-16/h2-4,7-8,15H,5-6,9-14H2,1H3,(H3,18,19,20). The molecule has 4 nitrogen and oxygen atoms in total. The lowest BCUT2D eigenvalue weighted by molar-refractivity contribution is 0.189. The van der Waals surface area contributed by atoms with Crippen LogP contribution in [-0.4, -0.2) is 43.6 Å². The molecular formula is C17H28N4. The predicted octanol–water partition coefficient (Wildman–Crippen LogP) is 1.87. The molecule has 1 unspecified atom stereocenters. The van der Waals surface area contributed by atoms with Crippen molar-refractivity contribution in [3.05, 3.63) is 35.9 Å². The summed E-state index contributed by atoms with van der Waals surface area (Å²) in [6.45, 7) is 7.38. The van der Waals surface area contributed by atoms with Crippen LogP contribution < -0.4 is 11.1 Å². The second-order valence-corrected chi connectivity index (χ2v) is 5.98. The van der Waals surface area contributed by atoms with Gasteiger partial charge in [-0.25, -0.2) is 0 Å². The van der Waals surface area contributed by atoms with E-state index in [1.54, 1.807) is 0 Å². The van der Waals surface area contributed by atoms with Gasteiger partial charge in [-0.1, -0.05) is 37.3 Å². The molecule has 0 aliphatic carbocycles. The van der Waals surface area contributed by atoms with Crippen molar-refractivity contribution in [3.8, 4) is 0 Å². The molecular weight excluding hydrogens is 260 g/mol. The van der Waals surface area contributed by atoms with Gasteiger partial charge in [0.15, 0.2) is 5.96 Å².